The summed E-state index contributed by atoms with van der Waals surface area (Å²) in [6.07, 6.45) is 0.785. The number of aliphatic hydroxyl groups is 1. The Bertz CT molecular complexity index is 289. The molecular formula is C8H16N4OS. The van der Waals surface area contributed by atoms with Gasteiger partial charge in [-0.3, -0.25) is 0 Å². The summed E-state index contributed by atoms with van der Waals surface area (Å²) in [6.45, 7) is 1.95. The zero-order chi connectivity index (χ0) is 10.6. The van der Waals surface area contributed by atoms with Crippen molar-refractivity contribution in [3.63, 3.8) is 0 Å². The van der Waals surface area contributed by atoms with Crippen molar-refractivity contribution in [3.05, 3.63) is 5.82 Å². The molecule has 0 aromatic carbocycles. The molecule has 14 heavy (non-hydrogen) atoms. The van der Waals surface area contributed by atoms with Crippen molar-refractivity contribution in [2.45, 2.75) is 24.5 Å². The smallest absolute Gasteiger partial charge is 0.190 e. The second kappa shape index (κ2) is 5.33. The van der Waals surface area contributed by atoms with Gasteiger partial charge >= 0.3 is 0 Å². The second-order valence-corrected chi connectivity index (χ2v) is 4.23. The van der Waals surface area contributed by atoms with Crippen LogP contribution >= 0.6 is 11.8 Å². The molecule has 1 atom stereocenters. The third-order valence-electron chi connectivity index (χ3n) is 2.01. The van der Waals surface area contributed by atoms with Gasteiger partial charge in [0.2, 0.25) is 0 Å². The summed E-state index contributed by atoms with van der Waals surface area (Å²) in [5.41, 5.74) is 5.57. The van der Waals surface area contributed by atoms with Crippen molar-refractivity contribution in [2.75, 3.05) is 12.4 Å². The molecule has 0 amide bonds. The summed E-state index contributed by atoms with van der Waals surface area (Å²) in [5, 5.41) is 17.6. The lowest BCUT2D eigenvalue weighted by molar-refractivity contribution is 0.264. The van der Waals surface area contributed by atoms with Crippen LogP contribution in [0.25, 0.3) is 0 Å². The van der Waals surface area contributed by atoms with Gasteiger partial charge < -0.3 is 15.4 Å². The Balaban J connectivity index is 2.35. The Hall–Kier alpha value is -0.590. The molecule has 0 aliphatic heterocycles. The lowest BCUT2D eigenvalue weighted by Crippen LogP contribution is -2.24. The van der Waals surface area contributed by atoms with E-state index in [-0.39, 0.29) is 12.6 Å². The Morgan fingerprint density at radius 2 is 2.29 bits per heavy atom. The van der Waals surface area contributed by atoms with Crippen LogP contribution in [0.1, 0.15) is 12.2 Å². The molecule has 6 heteroatoms. The summed E-state index contributed by atoms with van der Waals surface area (Å²) in [4.78, 5) is 0. The number of aliphatic hydroxyl groups excluding tert-OH is 1. The average Bonchev–Trinajstić information content (AvgIpc) is 2.49. The third kappa shape index (κ3) is 2.97. The van der Waals surface area contributed by atoms with Gasteiger partial charge in [-0.25, -0.2) is 0 Å². The van der Waals surface area contributed by atoms with Crippen LogP contribution in [0.4, 0.5) is 0 Å². The van der Waals surface area contributed by atoms with E-state index in [0.29, 0.717) is 0 Å². The first-order valence-corrected chi connectivity index (χ1v) is 5.49. The van der Waals surface area contributed by atoms with Crippen LogP contribution in [0.2, 0.25) is 0 Å². The fourth-order valence-electron chi connectivity index (χ4n) is 0.906. The van der Waals surface area contributed by atoms with E-state index < -0.39 is 0 Å². The van der Waals surface area contributed by atoms with E-state index in [1.165, 1.54) is 0 Å². The number of nitrogens with zero attached hydrogens (tertiary/aromatic N) is 3. The molecule has 0 aliphatic carbocycles. The van der Waals surface area contributed by atoms with Crippen LogP contribution in [0, 0.1) is 6.92 Å². The summed E-state index contributed by atoms with van der Waals surface area (Å²) >= 11 is 1.61. The van der Waals surface area contributed by atoms with E-state index >= 15 is 0 Å². The van der Waals surface area contributed by atoms with Crippen LogP contribution in [0.15, 0.2) is 5.16 Å². The summed E-state index contributed by atoms with van der Waals surface area (Å²) in [5.74, 6) is 1.76. The molecule has 0 spiro atoms. The zero-order valence-corrected chi connectivity index (χ0v) is 9.29. The Labute approximate surface area is 87.7 Å². The molecular weight excluding hydrogens is 200 g/mol. The fourth-order valence-corrected chi connectivity index (χ4v) is 1.93. The van der Waals surface area contributed by atoms with Gasteiger partial charge in [0.1, 0.15) is 5.82 Å². The predicted molar refractivity (Wildman–Crippen MR) is 56.1 cm³/mol. The minimum atomic E-state index is -0.128. The van der Waals surface area contributed by atoms with Crippen molar-refractivity contribution in [1.82, 2.24) is 14.8 Å². The van der Waals surface area contributed by atoms with Crippen LogP contribution in [-0.2, 0) is 7.05 Å². The van der Waals surface area contributed by atoms with Gasteiger partial charge in [0.15, 0.2) is 5.16 Å². The number of thioether (sulfide) groups is 1. The van der Waals surface area contributed by atoms with Crippen LogP contribution in [0.3, 0.4) is 0 Å². The Morgan fingerprint density at radius 1 is 1.57 bits per heavy atom. The normalized spacial score (nSPS) is 13.1. The highest BCUT2D eigenvalue weighted by Gasteiger charge is 2.06. The van der Waals surface area contributed by atoms with Crippen LogP contribution < -0.4 is 5.73 Å². The van der Waals surface area contributed by atoms with Crippen molar-refractivity contribution in [2.24, 2.45) is 12.8 Å². The quantitative estimate of drug-likeness (QED) is 0.673. The van der Waals surface area contributed by atoms with Crippen molar-refractivity contribution in [1.29, 1.82) is 0 Å². The van der Waals surface area contributed by atoms with Gasteiger partial charge in [-0.05, 0) is 13.3 Å². The first kappa shape index (κ1) is 11.5. The monoisotopic (exact) mass is 216 g/mol. The predicted octanol–water partition coefficient (Wildman–Crippen LogP) is -0.0747. The van der Waals surface area contributed by atoms with E-state index in [1.807, 2.05) is 18.5 Å². The maximum atomic E-state index is 8.72. The molecule has 5 nitrogen and oxygen atoms in total. The lowest BCUT2D eigenvalue weighted by Gasteiger charge is -2.06. The molecule has 1 aromatic heterocycles. The van der Waals surface area contributed by atoms with Gasteiger partial charge in [-0.2, -0.15) is 0 Å². The number of aromatic nitrogens is 3. The largest absolute Gasteiger partial charge is 0.395 e. The molecule has 0 saturated heterocycles. The number of aryl methyl sites for hydroxylation is 1. The van der Waals surface area contributed by atoms with E-state index in [9.17, 15) is 0 Å². The highest BCUT2D eigenvalue weighted by Crippen LogP contribution is 2.16. The number of rotatable bonds is 5. The minimum absolute atomic E-state index is 0.0401. The molecule has 0 aliphatic rings. The van der Waals surface area contributed by atoms with E-state index in [4.69, 9.17) is 10.8 Å². The maximum Gasteiger partial charge on any atom is 0.190 e. The summed E-state index contributed by atoms with van der Waals surface area (Å²) in [7, 11) is 1.93. The first-order valence-electron chi connectivity index (χ1n) is 4.50. The van der Waals surface area contributed by atoms with E-state index in [2.05, 4.69) is 10.2 Å². The summed E-state index contributed by atoms with van der Waals surface area (Å²) < 4.78 is 1.94. The molecule has 1 aromatic rings. The lowest BCUT2D eigenvalue weighted by atomic mass is 10.3. The fraction of sp³-hybridized carbons (Fsp3) is 0.750. The zero-order valence-electron chi connectivity index (χ0n) is 8.47. The minimum Gasteiger partial charge on any atom is -0.395 e. The second-order valence-electron chi connectivity index (χ2n) is 3.17. The van der Waals surface area contributed by atoms with Gasteiger partial charge in [0, 0.05) is 18.8 Å². The van der Waals surface area contributed by atoms with Gasteiger partial charge in [0.05, 0.1) is 6.61 Å². The van der Waals surface area contributed by atoms with E-state index in [1.54, 1.807) is 11.8 Å². The molecule has 0 fully saturated rings. The van der Waals surface area contributed by atoms with E-state index in [0.717, 1.165) is 23.2 Å². The molecule has 0 saturated carbocycles. The van der Waals surface area contributed by atoms with Gasteiger partial charge in [-0.1, -0.05) is 11.8 Å². The Morgan fingerprint density at radius 3 is 2.79 bits per heavy atom. The highest BCUT2D eigenvalue weighted by molar-refractivity contribution is 7.99. The Kier molecular flexibility index (Phi) is 4.37. The van der Waals surface area contributed by atoms with Crippen molar-refractivity contribution < 1.29 is 5.11 Å². The highest BCUT2D eigenvalue weighted by atomic mass is 32.2. The van der Waals surface area contributed by atoms with Crippen LogP contribution in [-0.4, -0.2) is 38.3 Å². The molecule has 1 heterocycles. The standard InChI is InChI=1S/C8H16N4OS/c1-6-10-11-8(12(6)2)14-4-3-7(9)5-13/h7,13H,3-5,9H2,1-2H3. The molecule has 1 rings (SSSR count). The first-order chi connectivity index (χ1) is 6.65. The number of nitrogens with two attached hydrogens (primary N) is 1. The molecule has 0 bridgehead atoms. The molecule has 0 radical (unpaired) electrons. The average molecular weight is 216 g/mol. The van der Waals surface area contributed by atoms with Gasteiger partial charge in [-0.15, -0.1) is 10.2 Å². The maximum absolute atomic E-state index is 8.72. The van der Waals surface area contributed by atoms with Crippen molar-refractivity contribution in [3.8, 4) is 0 Å². The topological polar surface area (TPSA) is 77.0 Å². The number of hydrogen-bond donors (Lipinski definition) is 2. The molecule has 1 unspecified atom stereocenters. The number of hydrogen-bond acceptors (Lipinski definition) is 5. The molecule has 80 valence electrons. The van der Waals surface area contributed by atoms with Crippen molar-refractivity contribution >= 4 is 11.8 Å². The molecule has 3 N–H and O–H groups in total. The summed E-state index contributed by atoms with van der Waals surface area (Å²) in [6, 6.07) is -0.128. The third-order valence-corrected chi connectivity index (χ3v) is 3.06. The van der Waals surface area contributed by atoms with Crippen LogP contribution in [0.5, 0.6) is 0 Å². The SMILES string of the molecule is Cc1nnc(SCCC(N)CO)n1C. The van der Waals surface area contributed by atoms with Gasteiger partial charge in [0.25, 0.3) is 0 Å².